The highest BCUT2D eigenvalue weighted by molar-refractivity contribution is 6.00. The second-order valence-corrected chi connectivity index (χ2v) is 7.08. The number of aliphatic hydroxyl groups is 1. The lowest BCUT2D eigenvalue weighted by Gasteiger charge is -2.33. The first-order valence-electron chi connectivity index (χ1n) is 8.47. The van der Waals surface area contributed by atoms with Crippen molar-refractivity contribution in [1.82, 2.24) is 5.32 Å². The van der Waals surface area contributed by atoms with E-state index in [1.54, 1.807) is 0 Å². The van der Waals surface area contributed by atoms with Crippen LogP contribution >= 0.6 is 0 Å². The molecule has 2 amide bonds. The predicted octanol–water partition coefficient (Wildman–Crippen LogP) is 1.41. The van der Waals surface area contributed by atoms with Crippen LogP contribution in [0.4, 0.5) is 5.69 Å². The number of fused-ring (bicyclic) bond motifs is 2. The summed E-state index contributed by atoms with van der Waals surface area (Å²) >= 11 is 0. The number of carbonyl (C=O) groups excluding carboxylic acids is 2. The highest BCUT2D eigenvalue weighted by atomic mass is 16.3. The van der Waals surface area contributed by atoms with Crippen molar-refractivity contribution in [2.24, 2.45) is 11.8 Å². The van der Waals surface area contributed by atoms with Crippen molar-refractivity contribution in [1.29, 1.82) is 0 Å². The number of amides is 2. The Kier molecular flexibility index (Phi) is 3.60. The van der Waals surface area contributed by atoms with Gasteiger partial charge in [0.2, 0.25) is 11.8 Å². The number of hydrogen-bond donors (Lipinski definition) is 2. The fourth-order valence-electron chi connectivity index (χ4n) is 4.51. The average molecular weight is 314 g/mol. The molecule has 2 saturated heterocycles. The number of nitrogens with zero attached hydrogens (tertiary/aromatic N) is 1. The zero-order valence-electron chi connectivity index (χ0n) is 13.1. The van der Waals surface area contributed by atoms with Gasteiger partial charge in [0.1, 0.15) is 0 Å². The number of piperidine rings is 2. The van der Waals surface area contributed by atoms with Gasteiger partial charge in [0, 0.05) is 31.3 Å². The average Bonchev–Trinajstić information content (AvgIpc) is 3.15. The van der Waals surface area contributed by atoms with Crippen molar-refractivity contribution < 1.29 is 14.7 Å². The van der Waals surface area contributed by atoms with E-state index in [-0.39, 0.29) is 17.7 Å². The maximum Gasteiger partial charge on any atom is 0.234 e. The molecular weight excluding hydrogens is 292 g/mol. The lowest BCUT2D eigenvalue weighted by atomic mass is 9.90. The summed E-state index contributed by atoms with van der Waals surface area (Å²) in [4.78, 5) is 25.6. The van der Waals surface area contributed by atoms with E-state index < -0.39 is 0 Å². The van der Waals surface area contributed by atoms with Gasteiger partial charge in [0.15, 0.2) is 0 Å². The van der Waals surface area contributed by atoms with Gasteiger partial charge >= 0.3 is 0 Å². The molecule has 1 saturated carbocycles. The van der Waals surface area contributed by atoms with Crippen LogP contribution in [0.2, 0.25) is 0 Å². The molecule has 122 valence electrons. The van der Waals surface area contributed by atoms with Crippen molar-refractivity contribution in [2.45, 2.75) is 37.6 Å². The molecule has 0 spiro atoms. The molecule has 2 heterocycles. The molecule has 2 aliphatic heterocycles. The number of benzene rings is 1. The van der Waals surface area contributed by atoms with Crippen molar-refractivity contribution in [3.8, 4) is 0 Å². The summed E-state index contributed by atoms with van der Waals surface area (Å²) < 4.78 is 0. The molecule has 0 radical (unpaired) electrons. The lowest BCUT2D eigenvalue weighted by molar-refractivity contribution is -0.134. The van der Waals surface area contributed by atoms with Crippen LogP contribution in [0.3, 0.4) is 0 Å². The quantitative estimate of drug-likeness (QED) is 0.828. The summed E-state index contributed by atoms with van der Waals surface area (Å²) in [5, 5.41) is 11.8. The van der Waals surface area contributed by atoms with Crippen LogP contribution in [0.5, 0.6) is 0 Å². The smallest absolute Gasteiger partial charge is 0.234 e. The first-order chi connectivity index (χ1) is 11.2. The van der Waals surface area contributed by atoms with Gasteiger partial charge in [0.05, 0.1) is 5.92 Å². The molecule has 0 aromatic heterocycles. The van der Waals surface area contributed by atoms with Crippen molar-refractivity contribution in [3.05, 3.63) is 29.8 Å². The van der Waals surface area contributed by atoms with E-state index in [0.717, 1.165) is 18.5 Å². The van der Waals surface area contributed by atoms with E-state index in [9.17, 15) is 14.7 Å². The molecule has 5 nitrogen and oxygen atoms in total. The van der Waals surface area contributed by atoms with Gasteiger partial charge < -0.3 is 10.0 Å². The number of hydrogen-bond acceptors (Lipinski definition) is 4. The van der Waals surface area contributed by atoms with Gasteiger partial charge in [-0.3, -0.25) is 14.9 Å². The minimum atomic E-state index is -0.212. The second-order valence-electron chi connectivity index (χ2n) is 7.08. The Bertz CT molecular complexity index is 628. The van der Waals surface area contributed by atoms with Gasteiger partial charge in [-0.25, -0.2) is 0 Å². The molecule has 4 rings (SSSR count). The summed E-state index contributed by atoms with van der Waals surface area (Å²) in [5.41, 5.74) is 2.18. The van der Waals surface area contributed by atoms with Crippen molar-refractivity contribution in [3.63, 3.8) is 0 Å². The molecule has 5 heteroatoms. The summed E-state index contributed by atoms with van der Waals surface area (Å²) in [6.07, 6.45) is 3.27. The van der Waals surface area contributed by atoms with Gasteiger partial charge in [-0.2, -0.15) is 0 Å². The summed E-state index contributed by atoms with van der Waals surface area (Å²) in [5.74, 6) is 0.517. The fourth-order valence-corrected chi connectivity index (χ4v) is 4.51. The van der Waals surface area contributed by atoms with E-state index in [1.165, 1.54) is 12.1 Å². The number of aliphatic hydroxyl groups excluding tert-OH is 1. The Labute approximate surface area is 135 Å². The third kappa shape index (κ3) is 2.53. The molecule has 3 aliphatic rings. The molecule has 2 bridgehead atoms. The molecule has 2 N–H and O–H groups in total. The first-order valence-corrected chi connectivity index (χ1v) is 8.47. The highest BCUT2D eigenvalue weighted by Gasteiger charge is 2.44. The van der Waals surface area contributed by atoms with Crippen LogP contribution in [0.15, 0.2) is 24.3 Å². The number of carbonyl (C=O) groups is 2. The van der Waals surface area contributed by atoms with E-state index in [4.69, 9.17) is 0 Å². The monoisotopic (exact) mass is 314 g/mol. The maximum atomic E-state index is 12.0. The van der Waals surface area contributed by atoms with Crippen molar-refractivity contribution in [2.75, 3.05) is 18.1 Å². The van der Waals surface area contributed by atoms with E-state index in [1.807, 2.05) is 12.1 Å². The van der Waals surface area contributed by atoms with Gasteiger partial charge in [-0.1, -0.05) is 12.1 Å². The SMILES string of the molecule is O=C1CCC(c2ccc(N3CC4C[C@H]3C[C@@H]4CO)cc2)C(=O)N1. The predicted molar refractivity (Wildman–Crippen MR) is 86.0 cm³/mol. The summed E-state index contributed by atoms with van der Waals surface area (Å²) in [6.45, 7) is 1.33. The molecule has 2 unspecified atom stereocenters. The Balaban J connectivity index is 1.47. The van der Waals surface area contributed by atoms with Crippen LogP contribution in [0.1, 0.15) is 37.2 Å². The van der Waals surface area contributed by atoms with E-state index in [2.05, 4.69) is 22.3 Å². The number of nitrogens with one attached hydrogen (secondary N) is 1. The molecule has 4 atom stereocenters. The summed E-state index contributed by atoms with van der Waals surface area (Å²) in [6, 6.07) is 8.76. The standard InChI is InChI=1S/C18H22N2O3/c21-10-13-8-15-7-12(13)9-20(15)14-3-1-11(2-4-14)16-5-6-17(22)19-18(16)23/h1-4,12-13,15-16,21H,5-10H2,(H,19,22,23)/t12?,13-,15+,16?/m1/s1. The van der Waals surface area contributed by atoms with Gasteiger partial charge in [0.25, 0.3) is 0 Å². The van der Waals surface area contributed by atoms with E-state index >= 15 is 0 Å². The molecule has 23 heavy (non-hydrogen) atoms. The molecule has 1 aromatic carbocycles. The normalized spacial score (nSPS) is 33.2. The second kappa shape index (κ2) is 5.64. The molecule has 1 aromatic rings. The van der Waals surface area contributed by atoms with Crippen LogP contribution in [-0.2, 0) is 9.59 Å². The number of anilines is 1. The minimum absolute atomic E-state index is 0.172. The van der Waals surface area contributed by atoms with Gasteiger partial charge in [-0.15, -0.1) is 0 Å². The third-order valence-electron chi connectivity index (χ3n) is 5.79. The molecule has 1 aliphatic carbocycles. The van der Waals surface area contributed by atoms with Crippen molar-refractivity contribution >= 4 is 17.5 Å². The van der Waals surface area contributed by atoms with Crippen LogP contribution in [0, 0.1) is 11.8 Å². The largest absolute Gasteiger partial charge is 0.396 e. The molecule has 3 fully saturated rings. The van der Waals surface area contributed by atoms with Crippen LogP contribution < -0.4 is 10.2 Å². The Morgan fingerprint density at radius 2 is 1.96 bits per heavy atom. The lowest BCUT2D eigenvalue weighted by Crippen LogP contribution is -2.39. The topological polar surface area (TPSA) is 69.6 Å². The number of imide groups is 1. The zero-order chi connectivity index (χ0) is 16.0. The minimum Gasteiger partial charge on any atom is -0.396 e. The van der Waals surface area contributed by atoms with Crippen LogP contribution in [-0.4, -0.2) is 36.1 Å². The van der Waals surface area contributed by atoms with Gasteiger partial charge in [-0.05, 0) is 48.8 Å². The first kappa shape index (κ1) is 14.7. The third-order valence-corrected chi connectivity index (χ3v) is 5.79. The highest BCUT2D eigenvalue weighted by Crippen LogP contribution is 2.44. The fraction of sp³-hybridized carbons (Fsp3) is 0.556. The van der Waals surface area contributed by atoms with Crippen LogP contribution in [0.25, 0.3) is 0 Å². The van der Waals surface area contributed by atoms with E-state index in [0.29, 0.717) is 37.3 Å². The molecular formula is C18H22N2O3. The Morgan fingerprint density at radius 1 is 1.17 bits per heavy atom. The number of rotatable bonds is 3. The zero-order valence-corrected chi connectivity index (χ0v) is 13.1. The Morgan fingerprint density at radius 3 is 2.57 bits per heavy atom. The summed E-state index contributed by atoms with van der Waals surface area (Å²) in [7, 11) is 0. The Hall–Kier alpha value is -1.88. The maximum absolute atomic E-state index is 12.0.